The topological polar surface area (TPSA) is 71.3 Å². The zero-order valence-corrected chi connectivity index (χ0v) is 15.6. The third-order valence-corrected chi connectivity index (χ3v) is 4.56. The number of para-hydroxylation sites is 1. The summed E-state index contributed by atoms with van der Waals surface area (Å²) in [6, 6.07) is 18.6. The van der Waals surface area contributed by atoms with Crippen LogP contribution in [0, 0.1) is 0 Å². The molecule has 2 heterocycles. The number of furan rings is 1. The number of carbonyl (C=O) groups excluding carboxylic acids is 2. The summed E-state index contributed by atoms with van der Waals surface area (Å²) in [5.74, 6) is 1.21. The van der Waals surface area contributed by atoms with Gasteiger partial charge in [-0.25, -0.2) is 0 Å². The molecule has 4 rings (SSSR count). The molecule has 3 aromatic rings. The number of fused-ring (bicyclic) bond motifs is 1. The molecule has 0 spiro atoms. The van der Waals surface area contributed by atoms with Crippen molar-refractivity contribution in [3.05, 3.63) is 72.0 Å². The van der Waals surface area contributed by atoms with Gasteiger partial charge in [0.05, 0.1) is 5.57 Å². The molecule has 0 atom stereocenters. The Morgan fingerprint density at radius 3 is 2.82 bits per heavy atom. The first kappa shape index (κ1) is 18.1. The lowest BCUT2D eigenvalue weighted by Crippen LogP contribution is -2.11. The second-order valence-corrected chi connectivity index (χ2v) is 6.71. The van der Waals surface area contributed by atoms with Crippen molar-refractivity contribution in [3.63, 3.8) is 0 Å². The number of carbonyl (C=O) groups is 2. The summed E-state index contributed by atoms with van der Waals surface area (Å²) in [5, 5.41) is 5.65. The van der Waals surface area contributed by atoms with Crippen molar-refractivity contribution in [1.29, 1.82) is 0 Å². The molecule has 5 nitrogen and oxygen atoms in total. The third-order valence-electron chi connectivity index (χ3n) is 4.38. The summed E-state index contributed by atoms with van der Waals surface area (Å²) in [5.41, 5.74) is 3.72. The number of hydrogen-bond acceptors (Lipinski definition) is 3. The van der Waals surface area contributed by atoms with Crippen molar-refractivity contribution >= 4 is 46.4 Å². The van der Waals surface area contributed by atoms with Gasteiger partial charge in [0.25, 0.3) is 5.91 Å². The van der Waals surface area contributed by atoms with E-state index in [2.05, 4.69) is 10.6 Å². The first-order valence-electron chi connectivity index (χ1n) is 8.82. The number of benzene rings is 2. The molecule has 1 aliphatic heterocycles. The van der Waals surface area contributed by atoms with Crippen molar-refractivity contribution in [2.24, 2.45) is 0 Å². The maximum Gasteiger partial charge on any atom is 0.256 e. The molecular weight excluding hydrogens is 376 g/mol. The van der Waals surface area contributed by atoms with Crippen molar-refractivity contribution in [1.82, 2.24) is 0 Å². The van der Waals surface area contributed by atoms with Gasteiger partial charge in [0.1, 0.15) is 11.5 Å². The first-order chi connectivity index (χ1) is 13.6. The van der Waals surface area contributed by atoms with E-state index in [-0.39, 0.29) is 24.1 Å². The maximum atomic E-state index is 12.2. The molecule has 2 aromatic carbocycles. The standard InChI is InChI=1S/C22H17ClN2O3/c23-11-10-21(26)24-15-5-3-4-14(12-15)20-9-8-16(28-20)13-18-17-6-1-2-7-19(17)25-22(18)27/h1-9,12-13H,10-11H2,(H,24,26)(H,25,27). The smallest absolute Gasteiger partial charge is 0.256 e. The minimum Gasteiger partial charge on any atom is -0.457 e. The molecule has 28 heavy (non-hydrogen) atoms. The van der Waals surface area contributed by atoms with Crippen molar-refractivity contribution in [3.8, 4) is 11.3 Å². The molecular formula is C22H17ClN2O3. The fraction of sp³-hybridized carbons (Fsp3) is 0.0909. The lowest BCUT2D eigenvalue weighted by atomic mass is 10.1. The average Bonchev–Trinajstić information content (AvgIpc) is 3.27. The highest BCUT2D eigenvalue weighted by molar-refractivity contribution is 6.34. The predicted octanol–water partition coefficient (Wildman–Crippen LogP) is 5.01. The Hall–Kier alpha value is -3.31. The second-order valence-electron chi connectivity index (χ2n) is 6.33. The zero-order valence-electron chi connectivity index (χ0n) is 14.9. The molecule has 0 unspecified atom stereocenters. The Balaban J connectivity index is 1.59. The normalized spacial score (nSPS) is 14.0. The first-order valence-corrected chi connectivity index (χ1v) is 9.36. The minimum absolute atomic E-state index is 0.136. The molecule has 140 valence electrons. The van der Waals surface area contributed by atoms with Gasteiger partial charge >= 0.3 is 0 Å². The van der Waals surface area contributed by atoms with Crippen LogP contribution < -0.4 is 10.6 Å². The quantitative estimate of drug-likeness (QED) is 0.473. The minimum atomic E-state index is -0.150. The van der Waals surface area contributed by atoms with E-state index >= 15 is 0 Å². The van der Waals surface area contributed by atoms with Crippen molar-refractivity contribution in [2.45, 2.75) is 6.42 Å². The number of anilines is 2. The largest absolute Gasteiger partial charge is 0.457 e. The summed E-state index contributed by atoms with van der Waals surface area (Å²) < 4.78 is 5.91. The fourth-order valence-electron chi connectivity index (χ4n) is 3.07. The monoisotopic (exact) mass is 392 g/mol. The highest BCUT2D eigenvalue weighted by Gasteiger charge is 2.23. The lowest BCUT2D eigenvalue weighted by Gasteiger charge is -2.05. The van der Waals surface area contributed by atoms with Crippen LogP contribution in [0.1, 0.15) is 17.7 Å². The highest BCUT2D eigenvalue weighted by Crippen LogP contribution is 2.33. The van der Waals surface area contributed by atoms with Gasteiger partial charge in [0.2, 0.25) is 5.91 Å². The van der Waals surface area contributed by atoms with Gasteiger partial charge in [0, 0.05) is 34.8 Å². The van der Waals surface area contributed by atoms with Crippen molar-refractivity contribution in [2.75, 3.05) is 16.5 Å². The molecule has 0 saturated heterocycles. The van der Waals surface area contributed by atoms with Crippen LogP contribution in [0.25, 0.3) is 23.0 Å². The predicted molar refractivity (Wildman–Crippen MR) is 111 cm³/mol. The Bertz CT molecular complexity index is 1080. The second kappa shape index (κ2) is 7.74. The summed E-state index contributed by atoms with van der Waals surface area (Å²) in [6.45, 7) is 0. The summed E-state index contributed by atoms with van der Waals surface area (Å²) >= 11 is 5.59. The van der Waals surface area contributed by atoms with Crippen LogP contribution in [0.4, 0.5) is 11.4 Å². The molecule has 2 N–H and O–H groups in total. The van der Waals surface area contributed by atoms with E-state index in [4.69, 9.17) is 16.0 Å². The Kier molecular flexibility index (Phi) is 5.00. The summed E-state index contributed by atoms with van der Waals surface area (Å²) in [4.78, 5) is 24.0. The molecule has 2 amide bonds. The Morgan fingerprint density at radius 2 is 1.96 bits per heavy atom. The van der Waals surface area contributed by atoms with Crippen LogP contribution in [0.2, 0.25) is 0 Å². The van der Waals surface area contributed by atoms with E-state index in [0.29, 0.717) is 22.8 Å². The SMILES string of the molecule is O=C(CCCl)Nc1cccc(-c2ccc(C=C3C(=O)Nc4ccccc43)o2)c1. The van der Waals surface area contributed by atoms with Crippen LogP contribution in [-0.4, -0.2) is 17.7 Å². The van der Waals surface area contributed by atoms with Gasteiger partial charge < -0.3 is 15.1 Å². The number of nitrogens with one attached hydrogen (secondary N) is 2. The van der Waals surface area contributed by atoms with Gasteiger partial charge in [0.15, 0.2) is 0 Å². The van der Waals surface area contributed by atoms with Gasteiger partial charge in [-0.1, -0.05) is 30.3 Å². The van der Waals surface area contributed by atoms with Crippen LogP contribution in [-0.2, 0) is 9.59 Å². The van der Waals surface area contributed by atoms with E-state index in [1.807, 2.05) is 54.6 Å². The number of halogens is 1. The van der Waals surface area contributed by atoms with Gasteiger partial charge in [-0.3, -0.25) is 9.59 Å². The fourth-order valence-corrected chi connectivity index (χ4v) is 3.24. The van der Waals surface area contributed by atoms with Crippen LogP contribution in [0.3, 0.4) is 0 Å². The number of hydrogen-bond donors (Lipinski definition) is 2. The molecule has 0 aliphatic carbocycles. The molecule has 6 heteroatoms. The summed E-state index contributed by atoms with van der Waals surface area (Å²) in [7, 11) is 0. The lowest BCUT2D eigenvalue weighted by molar-refractivity contribution is -0.115. The number of amides is 2. The third kappa shape index (κ3) is 3.70. The molecule has 0 radical (unpaired) electrons. The van der Waals surface area contributed by atoms with E-state index in [0.717, 1.165) is 16.8 Å². The highest BCUT2D eigenvalue weighted by atomic mass is 35.5. The molecule has 0 bridgehead atoms. The molecule has 0 saturated carbocycles. The van der Waals surface area contributed by atoms with E-state index < -0.39 is 0 Å². The molecule has 0 fully saturated rings. The molecule has 1 aliphatic rings. The van der Waals surface area contributed by atoms with E-state index in [9.17, 15) is 9.59 Å². The van der Waals surface area contributed by atoms with Crippen LogP contribution in [0.5, 0.6) is 0 Å². The zero-order chi connectivity index (χ0) is 19.5. The van der Waals surface area contributed by atoms with Crippen LogP contribution >= 0.6 is 11.6 Å². The van der Waals surface area contributed by atoms with Gasteiger partial charge in [-0.2, -0.15) is 0 Å². The summed E-state index contributed by atoms with van der Waals surface area (Å²) in [6.07, 6.45) is 1.99. The average molecular weight is 393 g/mol. The molecule has 1 aromatic heterocycles. The van der Waals surface area contributed by atoms with Crippen LogP contribution in [0.15, 0.2) is 65.1 Å². The Labute approximate surface area is 167 Å². The van der Waals surface area contributed by atoms with Gasteiger partial charge in [-0.15, -0.1) is 11.6 Å². The van der Waals surface area contributed by atoms with Gasteiger partial charge in [-0.05, 0) is 36.4 Å². The van der Waals surface area contributed by atoms with Crippen molar-refractivity contribution < 1.29 is 14.0 Å². The Morgan fingerprint density at radius 1 is 1.11 bits per heavy atom. The number of rotatable bonds is 5. The maximum absolute atomic E-state index is 12.2. The van der Waals surface area contributed by atoms with E-state index in [1.165, 1.54) is 0 Å². The number of alkyl halides is 1. The van der Waals surface area contributed by atoms with E-state index in [1.54, 1.807) is 12.1 Å².